The zero-order valence-electron chi connectivity index (χ0n) is 13.6. The number of hydrogen-bond acceptors (Lipinski definition) is 4. The zero-order valence-corrected chi connectivity index (χ0v) is 14.5. The van der Waals surface area contributed by atoms with Gasteiger partial charge in [0.05, 0.1) is 6.04 Å². The number of rotatable bonds is 6. The fraction of sp³-hybridized carbons (Fsp3) is 0.222. The second-order valence-corrected chi connectivity index (χ2v) is 6.10. The molecule has 0 fully saturated rings. The lowest BCUT2D eigenvalue weighted by atomic mass is 10.1. The van der Waals surface area contributed by atoms with E-state index in [9.17, 15) is 20.1 Å². The first-order valence-corrected chi connectivity index (χ1v) is 8.12. The number of carboxylic acid groups (broad SMARTS) is 1. The minimum atomic E-state index is -1.03. The maximum absolute atomic E-state index is 11.5. The van der Waals surface area contributed by atoms with Crippen molar-refractivity contribution in [1.29, 1.82) is 0 Å². The van der Waals surface area contributed by atoms with Gasteiger partial charge in [-0.15, -0.1) is 0 Å². The molecule has 5 N–H and O–H groups in total. The molecule has 0 amide bonds. The van der Waals surface area contributed by atoms with Gasteiger partial charge in [0, 0.05) is 6.42 Å². The molecule has 2 rings (SSSR count). The van der Waals surface area contributed by atoms with Gasteiger partial charge in [-0.3, -0.25) is 0 Å². The number of phenolic OH excluding ortho intramolecular Hbond substituents is 2. The van der Waals surface area contributed by atoms with Crippen LogP contribution in [0.3, 0.4) is 0 Å². The second kappa shape index (κ2) is 8.34. The van der Waals surface area contributed by atoms with Crippen LogP contribution in [-0.2, 0) is 11.2 Å². The molecule has 0 heterocycles. The first-order valence-electron chi connectivity index (χ1n) is 7.72. The maximum atomic E-state index is 11.5. The lowest BCUT2D eigenvalue weighted by Gasteiger charge is -2.21. The summed E-state index contributed by atoms with van der Waals surface area (Å²) in [4.78, 5) is 11.5. The SMILES string of the molecule is C[C@@H](NC(=S)N[C@@H](Cc1ccc(O)cc1)C(=O)O)c1cccc(O)c1. The molecule has 0 aliphatic carbocycles. The van der Waals surface area contributed by atoms with Crippen molar-refractivity contribution in [2.45, 2.75) is 25.4 Å². The molecule has 0 spiro atoms. The summed E-state index contributed by atoms with van der Waals surface area (Å²) in [7, 11) is 0. The Balaban J connectivity index is 1.97. The van der Waals surface area contributed by atoms with Crippen molar-refractivity contribution in [3.05, 3.63) is 59.7 Å². The highest BCUT2D eigenvalue weighted by molar-refractivity contribution is 7.80. The van der Waals surface area contributed by atoms with Crippen molar-refractivity contribution in [1.82, 2.24) is 10.6 Å². The van der Waals surface area contributed by atoms with Crippen molar-refractivity contribution < 1.29 is 20.1 Å². The minimum Gasteiger partial charge on any atom is -0.508 e. The molecule has 6 nitrogen and oxygen atoms in total. The number of aliphatic carboxylic acids is 1. The Hall–Kier alpha value is -2.80. The van der Waals surface area contributed by atoms with Crippen LogP contribution in [0.25, 0.3) is 0 Å². The number of thiocarbonyl (C=S) groups is 1. The van der Waals surface area contributed by atoms with Crippen LogP contribution in [0.5, 0.6) is 11.5 Å². The molecule has 0 unspecified atom stereocenters. The maximum Gasteiger partial charge on any atom is 0.326 e. The van der Waals surface area contributed by atoms with Crippen LogP contribution in [0.4, 0.5) is 0 Å². The van der Waals surface area contributed by atoms with Crippen LogP contribution in [0.1, 0.15) is 24.1 Å². The Bertz CT molecular complexity index is 749. The molecule has 25 heavy (non-hydrogen) atoms. The van der Waals surface area contributed by atoms with Gasteiger partial charge in [0.2, 0.25) is 0 Å². The third-order valence-corrected chi connectivity index (χ3v) is 3.93. The van der Waals surface area contributed by atoms with E-state index < -0.39 is 12.0 Å². The Morgan fingerprint density at radius 3 is 2.36 bits per heavy atom. The zero-order chi connectivity index (χ0) is 18.4. The molecule has 0 aromatic heterocycles. The summed E-state index contributed by atoms with van der Waals surface area (Å²) in [5.41, 5.74) is 1.59. The first kappa shape index (κ1) is 18.5. The molecule has 0 radical (unpaired) electrons. The molecule has 0 aliphatic heterocycles. The Labute approximate surface area is 151 Å². The highest BCUT2D eigenvalue weighted by Crippen LogP contribution is 2.17. The van der Waals surface area contributed by atoms with Crippen LogP contribution in [0, 0.1) is 0 Å². The lowest BCUT2D eigenvalue weighted by molar-refractivity contribution is -0.139. The smallest absolute Gasteiger partial charge is 0.326 e. The average molecular weight is 360 g/mol. The minimum absolute atomic E-state index is 0.126. The quantitative estimate of drug-likeness (QED) is 0.504. The first-order chi connectivity index (χ1) is 11.8. The van der Waals surface area contributed by atoms with Gasteiger partial charge in [0.25, 0.3) is 0 Å². The van der Waals surface area contributed by atoms with E-state index in [1.54, 1.807) is 30.3 Å². The van der Waals surface area contributed by atoms with E-state index in [2.05, 4.69) is 10.6 Å². The number of benzene rings is 2. The Morgan fingerprint density at radius 1 is 1.08 bits per heavy atom. The van der Waals surface area contributed by atoms with Gasteiger partial charge in [-0.1, -0.05) is 24.3 Å². The molecule has 7 heteroatoms. The van der Waals surface area contributed by atoms with Crippen LogP contribution in [0.15, 0.2) is 48.5 Å². The van der Waals surface area contributed by atoms with E-state index in [1.165, 1.54) is 12.1 Å². The van der Waals surface area contributed by atoms with E-state index >= 15 is 0 Å². The summed E-state index contributed by atoms with van der Waals surface area (Å²) in [6, 6.07) is 12.0. The van der Waals surface area contributed by atoms with E-state index in [1.807, 2.05) is 13.0 Å². The van der Waals surface area contributed by atoms with Gasteiger partial charge < -0.3 is 26.0 Å². The van der Waals surface area contributed by atoms with Gasteiger partial charge in [0.1, 0.15) is 17.5 Å². The standard InChI is InChI=1S/C18H20N2O4S/c1-11(13-3-2-4-15(22)10-13)19-18(25)20-16(17(23)24)9-12-5-7-14(21)8-6-12/h2-8,10-11,16,21-22H,9H2,1H3,(H,23,24)(H2,19,20,25)/t11-,16+/m1/s1. The van der Waals surface area contributed by atoms with Crippen molar-refractivity contribution in [3.8, 4) is 11.5 Å². The molecule has 0 saturated heterocycles. The van der Waals surface area contributed by atoms with Crippen molar-refractivity contribution in [2.75, 3.05) is 0 Å². The van der Waals surface area contributed by atoms with Gasteiger partial charge >= 0.3 is 5.97 Å². The van der Waals surface area contributed by atoms with Crippen molar-refractivity contribution in [3.63, 3.8) is 0 Å². The molecule has 0 saturated carbocycles. The molecule has 0 bridgehead atoms. The topological polar surface area (TPSA) is 102 Å². The van der Waals surface area contributed by atoms with Gasteiger partial charge in [-0.25, -0.2) is 4.79 Å². The largest absolute Gasteiger partial charge is 0.508 e. The number of hydrogen-bond donors (Lipinski definition) is 5. The molecular weight excluding hydrogens is 340 g/mol. The highest BCUT2D eigenvalue weighted by Gasteiger charge is 2.20. The van der Waals surface area contributed by atoms with E-state index in [4.69, 9.17) is 12.2 Å². The average Bonchev–Trinajstić information content (AvgIpc) is 2.56. The summed E-state index contributed by atoms with van der Waals surface area (Å²) in [5, 5.41) is 34.2. The summed E-state index contributed by atoms with van der Waals surface area (Å²) in [6.07, 6.45) is 0.220. The number of aromatic hydroxyl groups is 2. The third-order valence-electron chi connectivity index (χ3n) is 3.70. The predicted molar refractivity (Wildman–Crippen MR) is 98.6 cm³/mol. The Morgan fingerprint density at radius 2 is 1.76 bits per heavy atom. The van der Waals surface area contributed by atoms with Gasteiger partial charge in [-0.05, 0) is 54.5 Å². The van der Waals surface area contributed by atoms with Gasteiger partial charge in [0.15, 0.2) is 5.11 Å². The molecule has 2 aromatic carbocycles. The molecule has 2 atom stereocenters. The fourth-order valence-electron chi connectivity index (χ4n) is 2.34. The van der Waals surface area contributed by atoms with Gasteiger partial charge in [-0.2, -0.15) is 0 Å². The second-order valence-electron chi connectivity index (χ2n) is 5.70. The van der Waals surface area contributed by atoms with Crippen LogP contribution >= 0.6 is 12.2 Å². The molecular formula is C18H20N2O4S. The van der Waals surface area contributed by atoms with Crippen molar-refractivity contribution in [2.24, 2.45) is 0 Å². The number of nitrogens with one attached hydrogen (secondary N) is 2. The van der Waals surface area contributed by atoms with Crippen molar-refractivity contribution >= 4 is 23.3 Å². The van der Waals surface area contributed by atoms with E-state index in [0.717, 1.165) is 11.1 Å². The molecule has 0 aliphatic rings. The summed E-state index contributed by atoms with van der Waals surface area (Å²) in [6.45, 7) is 1.86. The number of carbonyl (C=O) groups is 1. The van der Waals surface area contributed by atoms with E-state index in [-0.39, 0.29) is 29.1 Å². The third kappa shape index (κ3) is 5.65. The van der Waals surface area contributed by atoms with E-state index in [0.29, 0.717) is 0 Å². The highest BCUT2D eigenvalue weighted by atomic mass is 32.1. The fourth-order valence-corrected chi connectivity index (χ4v) is 2.66. The monoisotopic (exact) mass is 360 g/mol. The summed E-state index contributed by atoms with van der Waals surface area (Å²) >= 11 is 5.21. The van der Waals surface area contributed by atoms with Crippen LogP contribution in [-0.4, -0.2) is 32.4 Å². The normalized spacial score (nSPS) is 12.8. The molecule has 2 aromatic rings. The summed E-state index contributed by atoms with van der Waals surface area (Å²) < 4.78 is 0. The molecule has 132 valence electrons. The summed E-state index contributed by atoms with van der Waals surface area (Å²) in [5.74, 6) is -0.747. The number of phenols is 2. The lowest BCUT2D eigenvalue weighted by Crippen LogP contribution is -2.47. The van der Waals surface area contributed by atoms with Crippen LogP contribution < -0.4 is 10.6 Å². The predicted octanol–water partition coefficient (Wildman–Crippen LogP) is 2.32. The Kier molecular flexibility index (Phi) is 6.19. The van der Waals surface area contributed by atoms with Crippen LogP contribution in [0.2, 0.25) is 0 Å². The number of carboxylic acids is 1.